The number of benzene rings is 2. The number of nitrogens with one attached hydrogen (secondary N) is 2. The van der Waals surface area contributed by atoms with Crippen LogP contribution in [-0.2, 0) is 0 Å². The maximum Gasteiger partial charge on any atom is 0.261 e. The highest BCUT2D eigenvalue weighted by molar-refractivity contribution is 6.05. The van der Waals surface area contributed by atoms with E-state index in [1.807, 2.05) is 49.4 Å². The van der Waals surface area contributed by atoms with Crippen molar-refractivity contribution < 1.29 is 9.59 Å². The SMILES string of the molecule is Cc1c(NC(=O)c2cc(C=O)c[nH]c2=O)cccc1-c1ccccc1. The van der Waals surface area contributed by atoms with Gasteiger partial charge in [-0.25, -0.2) is 0 Å². The molecular formula is C20H16N2O3. The molecular weight excluding hydrogens is 316 g/mol. The molecule has 25 heavy (non-hydrogen) atoms. The zero-order chi connectivity index (χ0) is 17.8. The number of anilines is 1. The van der Waals surface area contributed by atoms with Crippen LogP contribution in [0.25, 0.3) is 11.1 Å². The van der Waals surface area contributed by atoms with E-state index in [2.05, 4.69) is 10.3 Å². The van der Waals surface area contributed by atoms with Gasteiger partial charge in [-0.2, -0.15) is 0 Å². The summed E-state index contributed by atoms with van der Waals surface area (Å²) in [5.74, 6) is -0.557. The molecule has 5 nitrogen and oxygen atoms in total. The van der Waals surface area contributed by atoms with E-state index in [4.69, 9.17) is 0 Å². The molecule has 2 N–H and O–H groups in total. The van der Waals surface area contributed by atoms with Crippen molar-refractivity contribution in [2.24, 2.45) is 0 Å². The Hall–Kier alpha value is -3.47. The van der Waals surface area contributed by atoms with Crippen molar-refractivity contribution in [3.63, 3.8) is 0 Å². The van der Waals surface area contributed by atoms with E-state index in [1.165, 1.54) is 12.3 Å². The van der Waals surface area contributed by atoms with Gasteiger partial charge in [0, 0.05) is 17.4 Å². The van der Waals surface area contributed by atoms with Crippen LogP contribution >= 0.6 is 0 Å². The topological polar surface area (TPSA) is 79.0 Å². The van der Waals surface area contributed by atoms with E-state index in [-0.39, 0.29) is 11.1 Å². The number of aldehydes is 1. The standard InChI is InChI=1S/C20H16N2O3/c1-13-16(15-6-3-2-4-7-15)8-5-9-18(13)22-20(25)17-10-14(12-23)11-21-19(17)24/h2-12H,1H3,(H,21,24)(H,22,25). The Balaban J connectivity index is 1.95. The molecule has 0 aliphatic carbocycles. The first-order valence-corrected chi connectivity index (χ1v) is 7.74. The molecule has 5 heteroatoms. The Kier molecular flexibility index (Phi) is 4.57. The van der Waals surface area contributed by atoms with Crippen molar-refractivity contribution in [3.05, 3.63) is 87.8 Å². The molecule has 0 atom stereocenters. The second kappa shape index (κ2) is 6.97. The smallest absolute Gasteiger partial charge is 0.261 e. The van der Waals surface area contributed by atoms with Crippen molar-refractivity contribution in [1.82, 2.24) is 4.98 Å². The number of aromatic nitrogens is 1. The second-order valence-corrected chi connectivity index (χ2v) is 5.59. The van der Waals surface area contributed by atoms with Crippen LogP contribution in [0.4, 0.5) is 5.69 Å². The van der Waals surface area contributed by atoms with E-state index in [0.29, 0.717) is 12.0 Å². The predicted molar refractivity (Wildman–Crippen MR) is 97.0 cm³/mol. The van der Waals surface area contributed by atoms with Gasteiger partial charge < -0.3 is 10.3 Å². The number of H-pyrrole nitrogens is 1. The molecule has 0 unspecified atom stereocenters. The van der Waals surface area contributed by atoms with Crippen LogP contribution in [0.2, 0.25) is 0 Å². The Morgan fingerprint density at radius 3 is 2.56 bits per heavy atom. The van der Waals surface area contributed by atoms with Gasteiger partial charge in [0.2, 0.25) is 0 Å². The molecule has 3 rings (SSSR count). The molecule has 0 saturated carbocycles. The van der Waals surface area contributed by atoms with Crippen LogP contribution < -0.4 is 10.9 Å². The average Bonchev–Trinajstić information content (AvgIpc) is 2.64. The van der Waals surface area contributed by atoms with Crippen LogP contribution in [-0.4, -0.2) is 17.2 Å². The molecule has 1 heterocycles. The lowest BCUT2D eigenvalue weighted by molar-refractivity contribution is 0.102. The Bertz CT molecular complexity index is 991. The molecule has 1 aromatic heterocycles. The van der Waals surface area contributed by atoms with Crippen LogP contribution in [0.1, 0.15) is 26.3 Å². The maximum absolute atomic E-state index is 12.5. The first-order valence-electron chi connectivity index (χ1n) is 7.74. The van der Waals surface area contributed by atoms with E-state index < -0.39 is 11.5 Å². The third kappa shape index (κ3) is 3.40. The van der Waals surface area contributed by atoms with Crippen LogP contribution in [0, 0.1) is 6.92 Å². The van der Waals surface area contributed by atoms with Crippen molar-refractivity contribution >= 4 is 17.9 Å². The van der Waals surface area contributed by atoms with Crippen LogP contribution in [0.5, 0.6) is 0 Å². The Labute approximate surface area is 144 Å². The van der Waals surface area contributed by atoms with Crippen molar-refractivity contribution in [2.75, 3.05) is 5.32 Å². The fourth-order valence-corrected chi connectivity index (χ4v) is 2.63. The molecule has 3 aromatic rings. The number of rotatable bonds is 4. The average molecular weight is 332 g/mol. The molecule has 0 aliphatic rings. The number of carbonyl (C=O) groups excluding carboxylic acids is 2. The number of aromatic amines is 1. The molecule has 0 fully saturated rings. The van der Waals surface area contributed by atoms with Gasteiger partial charge >= 0.3 is 0 Å². The number of amides is 1. The van der Waals surface area contributed by atoms with Gasteiger partial charge in [-0.1, -0.05) is 42.5 Å². The highest BCUT2D eigenvalue weighted by Gasteiger charge is 2.14. The van der Waals surface area contributed by atoms with Crippen LogP contribution in [0.15, 0.2) is 65.6 Å². The van der Waals surface area contributed by atoms with Gasteiger partial charge in [0.15, 0.2) is 6.29 Å². The summed E-state index contributed by atoms with van der Waals surface area (Å²) < 4.78 is 0. The van der Waals surface area contributed by atoms with Gasteiger partial charge in [0.25, 0.3) is 11.5 Å². The van der Waals surface area contributed by atoms with E-state index in [0.717, 1.165) is 16.7 Å². The first kappa shape index (κ1) is 16.4. The summed E-state index contributed by atoms with van der Waals surface area (Å²) in [6.07, 6.45) is 1.85. The molecule has 124 valence electrons. The first-order chi connectivity index (χ1) is 12.1. The quantitative estimate of drug-likeness (QED) is 0.719. The lowest BCUT2D eigenvalue weighted by atomic mass is 9.99. The molecule has 2 aromatic carbocycles. The number of carbonyl (C=O) groups is 2. The van der Waals surface area contributed by atoms with Crippen molar-refractivity contribution in [3.8, 4) is 11.1 Å². The lowest BCUT2D eigenvalue weighted by Gasteiger charge is -2.12. The summed E-state index contributed by atoms with van der Waals surface area (Å²) in [5.41, 5.74) is 3.13. The highest BCUT2D eigenvalue weighted by Crippen LogP contribution is 2.28. The summed E-state index contributed by atoms with van der Waals surface area (Å²) in [6.45, 7) is 1.91. The normalized spacial score (nSPS) is 10.3. The fourth-order valence-electron chi connectivity index (χ4n) is 2.63. The Morgan fingerprint density at radius 2 is 1.84 bits per heavy atom. The van der Waals surface area contributed by atoms with Gasteiger partial charge in [0.05, 0.1) is 0 Å². The minimum atomic E-state index is -0.557. The summed E-state index contributed by atoms with van der Waals surface area (Å²) in [7, 11) is 0. The lowest BCUT2D eigenvalue weighted by Crippen LogP contribution is -2.23. The van der Waals surface area contributed by atoms with Gasteiger partial charge in [-0.05, 0) is 35.7 Å². The van der Waals surface area contributed by atoms with Crippen molar-refractivity contribution in [2.45, 2.75) is 6.92 Å². The Morgan fingerprint density at radius 1 is 1.08 bits per heavy atom. The third-order valence-corrected chi connectivity index (χ3v) is 3.97. The minimum absolute atomic E-state index is 0.103. The third-order valence-electron chi connectivity index (χ3n) is 3.97. The van der Waals surface area contributed by atoms with E-state index >= 15 is 0 Å². The summed E-state index contributed by atoms with van der Waals surface area (Å²) in [4.78, 5) is 37.6. The zero-order valence-corrected chi connectivity index (χ0v) is 13.6. The molecule has 1 amide bonds. The van der Waals surface area contributed by atoms with Crippen molar-refractivity contribution in [1.29, 1.82) is 0 Å². The maximum atomic E-state index is 12.5. The number of hydrogen-bond acceptors (Lipinski definition) is 3. The minimum Gasteiger partial charge on any atom is -0.328 e. The monoisotopic (exact) mass is 332 g/mol. The highest BCUT2D eigenvalue weighted by atomic mass is 16.2. The largest absolute Gasteiger partial charge is 0.328 e. The van der Waals surface area contributed by atoms with Gasteiger partial charge in [-0.15, -0.1) is 0 Å². The molecule has 0 radical (unpaired) electrons. The summed E-state index contributed by atoms with van der Waals surface area (Å²) >= 11 is 0. The number of pyridine rings is 1. The number of hydrogen-bond donors (Lipinski definition) is 2. The van der Waals surface area contributed by atoms with Gasteiger partial charge in [-0.3, -0.25) is 14.4 Å². The second-order valence-electron chi connectivity index (χ2n) is 5.59. The van der Waals surface area contributed by atoms with E-state index in [9.17, 15) is 14.4 Å². The zero-order valence-electron chi connectivity index (χ0n) is 13.6. The predicted octanol–water partition coefficient (Wildman–Crippen LogP) is 3.42. The summed E-state index contributed by atoms with van der Waals surface area (Å²) in [5, 5.41) is 2.75. The summed E-state index contributed by atoms with van der Waals surface area (Å²) in [6, 6.07) is 16.7. The molecule has 0 bridgehead atoms. The van der Waals surface area contributed by atoms with E-state index in [1.54, 1.807) is 6.07 Å². The van der Waals surface area contributed by atoms with Gasteiger partial charge in [0.1, 0.15) is 5.56 Å². The molecule has 0 saturated heterocycles. The van der Waals surface area contributed by atoms with Crippen LogP contribution in [0.3, 0.4) is 0 Å². The molecule has 0 spiro atoms. The molecule has 0 aliphatic heterocycles. The fraction of sp³-hybridized carbons (Fsp3) is 0.0500.